The van der Waals surface area contributed by atoms with Gasteiger partial charge in [-0.3, -0.25) is 14.7 Å². The molecule has 0 saturated carbocycles. The number of fused-ring (bicyclic) bond motifs is 1. The summed E-state index contributed by atoms with van der Waals surface area (Å²) in [6.07, 6.45) is 11.2. The third-order valence-corrected chi connectivity index (χ3v) is 7.67. The average molecular weight is 487 g/mol. The molecule has 2 atom stereocenters. The first kappa shape index (κ1) is 25.8. The highest BCUT2D eigenvalue weighted by atomic mass is 16.1. The van der Waals surface area contributed by atoms with Crippen molar-refractivity contribution in [2.24, 2.45) is 0 Å². The van der Waals surface area contributed by atoms with Gasteiger partial charge in [-0.2, -0.15) is 5.26 Å². The molecule has 1 unspecified atom stereocenters. The van der Waals surface area contributed by atoms with Gasteiger partial charge in [-0.25, -0.2) is 4.98 Å². The molecule has 1 saturated heterocycles. The molecule has 7 heteroatoms. The fourth-order valence-electron chi connectivity index (χ4n) is 5.83. The predicted molar refractivity (Wildman–Crippen MR) is 145 cm³/mol. The highest BCUT2D eigenvalue weighted by molar-refractivity contribution is 5.77. The maximum absolute atomic E-state index is 13.7. The lowest BCUT2D eigenvalue weighted by molar-refractivity contribution is 0.0595. The smallest absolute Gasteiger partial charge is 0.294 e. The first-order chi connectivity index (χ1) is 17.4. The van der Waals surface area contributed by atoms with E-state index < -0.39 is 0 Å². The molecular formula is C29H38N6O. The van der Waals surface area contributed by atoms with Crippen molar-refractivity contribution in [3.8, 4) is 6.07 Å². The van der Waals surface area contributed by atoms with E-state index in [4.69, 9.17) is 0 Å². The molecule has 2 aromatic heterocycles. The third kappa shape index (κ3) is 5.29. The lowest BCUT2D eigenvalue weighted by Gasteiger charge is -2.42. The highest BCUT2D eigenvalue weighted by Crippen LogP contribution is 2.39. The van der Waals surface area contributed by atoms with Crippen molar-refractivity contribution >= 4 is 22.5 Å². The number of hydrogen-bond donors (Lipinski definition) is 1. The second-order valence-electron chi connectivity index (χ2n) is 10.5. The Bertz CT molecular complexity index is 1290. The molecule has 1 N–H and O–H groups in total. The number of hydrogen-bond acceptors (Lipinski definition) is 6. The van der Waals surface area contributed by atoms with Gasteiger partial charge in [0.15, 0.2) is 5.82 Å². The molecular weight excluding hydrogens is 448 g/mol. The van der Waals surface area contributed by atoms with E-state index in [2.05, 4.69) is 53.9 Å². The quantitative estimate of drug-likeness (QED) is 0.378. The summed E-state index contributed by atoms with van der Waals surface area (Å²) >= 11 is 0. The first-order valence-corrected chi connectivity index (χ1v) is 13.3. The van der Waals surface area contributed by atoms with Gasteiger partial charge in [-0.15, -0.1) is 0 Å². The minimum absolute atomic E-state index is 0.172. The van der Waals surface area contributed by atoms with Crippen LogP contribution in [0.5, 0.6) is 0 Å². The van der Waals surface area contributed by atoms with Crippen LogP contribution in [0.3, 0.4) is 0 Å². The number of likely N-dealkylation sites (tertiary alicyclic amines) is 1. The second kappa shape index (κ2) is 11.2. The third-order valence-electron chi connectivity index (χ3n) is 7.67. The van der Waals surface area contributed by atoms with Crippen LogP contribution in [0.1, 0.15) is 78.2 Å². The summed E-state index contributed by atoms with van der Waals surface area (Å²) in [5.74, 6) is 0.219. The molecule has 0 spiro atoms. The standard InChI is InChI=1S/C29H38N6O/c1-5-7-10-22(6-2)35-23(13-16-29(35,3)4)15-18-34-26-12-9-8-11-24(26)32-27(28(34)36)33-25-20-31-17-14-21(25)19-30/h8-9,11-12,14,17,20,22-23H,5-7,10,13,15-16,18H2,1-4H3,(H,32,33)/t22?,23-/m0/s1. The van der Waals surface area contributed by atoms with Crippen LogP contribution in [0.25, 0.3) is 11.0 Å². The van der Waals surface area contributed by atoms with Crippen molar-refractivity contribution in [2.45, 2.75) is 96.8 Å². The molecule has 190 valence electrons. The number of nitrogens with one attached hydrogen (secondary N) is 1. The van der Waals surface area contributed by atoms with Crippen molar-refractivity contribution in [1.82, 2.24) is 19.4 Å². The minimum atomic E-state index is -0.178. The molecule has 1 aliphatic heterocycles. The fourth-order valence-corrected chi connectivity index (χ4v) is 5.83. The summed E-state index contributed by atoms with van der Waals surface area (Å²) in [7, 11) is 0. The number of aryl methyl sites for hydroxylation is 1. The van der Waals surface area contributed by atoms with E-state index in [1.165, 1.54) is 25.7 Å². The van der Waals surface area contributed by atoms with Gasteiger partial charge in [0.05, 0.1) is 28.5 Å². The Balaban J connectivity index is 1.65. The van der Waals surface area contributed by atoms with Crippen LogP contribution in [0.4, 0.5) is 11.5 Å². The molecule has 3 heterocycles. The monoisotopic (exact) mass is 486 g/mol. The lowest BCUT2D eigenvalue weighted by Crippen LogP contribution is -2.49. The number of para-hydroxylation sites is 2. The van der Waals surface area contributed by atoms with Crippen LogP contribution in [0, 0.1) is 11.3 Å². The minimum Gasteiger partial charge on any atom is -0.333 e. The summed E-state index contributed by atoms with van der Waals surface area (Å²) in [5.41, 5.74) is 2.49. The average Bonchev–Trinajstić information content (AvgIpc) is 3.19. The van der Waals surface area contributed by atoms with Crippen LogP contribution in [0.15, 0.2) is 47.5 Å². The number of pyridine rings is 1. The Kier molecular flexibility index (Phi) is 8.05. The summed E-state index contributed by atoms with van der Waals surface area (Å²) < 4.78 is 1.85. The number of nitrogens with zero attached hydrogens (tertiary/aromatic N) is 5. The first-order valence-electron chi connectivity index (χ1n) is 13.3. The molecule has 0 bridgehead atoms. The number of unbranched alkanes of at least 4 members (excludes halogenated alkanes) is 1. The lowest BCUT2D eigenvalue weighted by atomic mass is 9.97. The number of aromatic nitrogens is 3. The van der Waals surface area contributed by atoms with Crippen LogP contribution >= 0.6 is 0 Å². The Hall–Kier alpha value is -3.24. The number of anilines is 2. The summed E-state index contributed by atoms with van der Waals surface area (Å²) in [4.78, 5) is 25.1. The van der Waals surface area contributed by atoms with Crippen LogP contribution < -0.4 is 10.9 Å². The van der Waals surface area contributed by atoms with Crippen LogP contribution in [0.2, 0.25) is 0 Å². The maximum Gasteiger partial charge on any atom is 0.294 e. The Morgan fingerprint density at radius 3 is 2.81 bits per heavy atom. The largest absolute Gasteiger partial charge is 0.333 e. The van der Waals surface area contributed by atoms with Crippen LogP contribution in [-0.4, -0.2) is 37.1 Å². The van der Waals surface area contributed by atoms with Gasteiger partial charge in [-0.1, -0.05) is 38.8 Å². The Labute approximate surface area is 214 Å². The molecule has 7 nitrogen and oxygen atoms in total. The molecule has 0 amide bonds. The van der Waals surface area contributed by atoms with E-state index in [9.17, 15) is 10.1 Å². The van der Waals surface area contributed by atoms with Gasteiger partial charge in [0.25, 0.3) is 5.56 Å². The zero-order chi connectivity index (χ0) is 25.7. The summed E-state index contributed by atoms with van der Waals surface area (Å²) in [6.45, 7) is 9.93. The molecule has 4 rings (SSSR count). The number of benzene rings is 1. The fraction of sp³-hybridized carbons (Fsp3) is 0.517. The van der Waals surface area contributed by atoms with E-state index in [1.54, 1.807) is 18.5 Å². The van der Waals surface area contributed by atoms with E-state index in [0.717, 1.165) is 30.3 Å². The Morgan fingerprint density at radius 2 is 2.06 bits per heavy atom. The van der Waals surface area contributed by atoms with E-state index in [1.807, 2.05) is 28.8 Å². The van der Waals surface area contributed by atoms with Crippen molar-refractivity contribution in [3.63, 3.8) is 0 Å². The van der Waals surface area contributed by atoms with Gasteiger partial charge in [0.1, 0.15) is 6.07 Å². The zero-order valence-electron chi connectivity index (χ0n) is 22.0. The second-order valence-corrected chi connectivity index (χ2v) is 10.5. The molecule has 0 aliphatic carbocycles. The number of nitriles is 1. The zero-order valence-corrected chi connectivity index (χ0v) is 22.0. The van der Waals surface area contributed by atoms with Gasteiger partial charge < -0.3 is 9.88 Å². The summed E-state index contributed by atoms with van der Waals surface area (Å²) in [6, 6.07) is 12.6. The SMILES string of the molecule is CCCCC(CC)N1[C@H](CCn2c(=O)c(Nc3cnccc3C#N)nc3ccccc32)CCC1(C)C. The Morgan fingerprint density at radius 1 is 1.25 bits per heavy atom. The van der Waals surface area contributed by atoms with Crippen LogP contribution in [-0.2, 0) is 6.54 Å². The molecule has 3 aromatic rings. The predicted octanol–water partition coefficient (Wildman–Crippen LogP) is 6.01. The van der Waals surface area contributed by atoms with Crippen molar-refractivity contribution in [1.29, 1.82) is 5.26 Å². The van der Waals surface area contributed by atoms with Crippen molar-refractivity contribution in [3.05, 3.63) is 58.6 Å². The summed E-state index contributed by atoms with van der Waals surface area (Å²) in [5, 5.41) is 12.5. The van der Waals surface area contributed by atoms with Crippen molar-refractivity contribution < 1.29 is 0 Å². The van der Waals surface area contributed by atoms with E-state index in [0.29, 0.717) is 29.9 Å². The van der Waals surface area contributed by atoms with Gasteiger partial charge in [0.2, 0.25) is 0 Å². The topological polar surface area (TPSA) is 86.8 Å². The van der Waals surface area contributed by atoms with E-state index >= 15 is 0 Å². The molecule has 0 radical (unpaired) electrons. The maximum atomic E-state index is 13.7. The normalized spacial score (nSPS) is 18.2. The van der Waals surface area contributed by atoms with Gasteiger partial charge in [0, 0.05) is 30.4 Å². The van der Waals surface area contributed by atoms with Gasteiger partial charge in [-0.05, 0) is 64.2 Å². The molecule has 1 aliphatic rings. The highest BCUT2D eigenvalue weighted by Gasteiger charge is 2.42. The number of rotatable bonds is 10. The van der Waals surface area contributed by atoms with E-state index in [-0.39, 0.29) is 16.9 Å². The van der Waals surface area contributed by atoms with Gasteiger partial charge >= 0.3 is 0 Å². The van der Waals surface area contributed by atoms with Crippen molar-refractivity contribution in [2.75, 3.05) is 5.32 Å². The molecule has 1 fully saturated rings. The molecule has 1 aromatic carbocycles. The molecule has 36 heavy (non-hydrogen) atoms.